The van der Waals surface area contributed by atoms with Crippen molar-refractivity contribution in [2.75, 3.05) is 0 Å². The summed E-state index contributed by atoms with van der Waals surface area (Å²) in [6, 6.07) is 5.97. The lowest BCUT2D eigenvalue weighted by Crippen LogP contribution is -2.45. The van der Waals surface area contributed by atoms with Gasteiger partial charge in [0.05, 0.1) is 9.79 Å². The Bertz CT molecular complexity index is 973. The molecule has 0 N–H and O–H groups in total. The lowest BCUT2D eigenvalue weighted by atomic mass is 9.67. The Hall–Kier alpha value is -1.66. The monoisotopic (exact) mass is 360 g/mol. The summed E-state index contributed by atoms with van der Waals surface area (Å²) >= 11 is 0. The first kappa shape index (κ1) is 14.7. The van der Waals surface area contributed by atoms with E-state index in [1.807, 2.05) is 0 Å². The van der Waals surface area contributed by atoms with Gasteiger partial charge in [0.15, 0.2) is 19.7 Å². The Balaban J connectivity index is 1.81. The Morgan fingerprint density at radius 2 is 1.12 bits per heavy atom. The molecule has 0 unspecified atom stereocenters. The van der Waals surface area contributed by atoms with Crippen molar-refractivity contribution in [3.8, 4) is 0 Å². The molecule has 124 valence electrons. The van der Waals surface area contributed by atoms with Crippen LogP contribution in [0.4, 0.5) is 0 Å². The van der Waals surface area contributed by atoms with E-state index in [9.17, 15) is 16.8 Å². The molecule has 24 heavy (non-hydrogen) atoms. The second-order valence-corrected chi connectivity index (χ2v) is 11.0. The van der Waals surface area contributed by atoms with Crippen molar-refractivity contribution in [3.05, 3.63) is 59.7 Å². The third kappa shape index (κ3) is 1.68. The topological polar surface area (TPSA) is 68.3 Å². The summed E-state index contributed by atoms with van der Waals surface area (Å²) in [5.41, 5.74) is 2.04. The highest BCUT2D eigenvalue weighted by Crippen LogP contribution is 2.49. The van der Waals surface area contributed by atoms with Crippen LogP contribution in [0, 0.1) is 11.8 Å². The number of benzene rings is 1. The van der Waals surface area contributed by atoms with Gasteiger partial charge in [-0.3, -0.25) is 0 Å². The molecule has 4 aliphatic carbocycles. The van der Waals surface area contributed by atoms with Gasteiger partial charge in [-0.2, -0.15) is 0 Å². The highest BCUT2D eigenvalue weighted by Gasteiger charge is 2.51. The summed E-state index contributed by atoms with van der Waals surface area (Å²) in [4.78, 5) is -0.118. The van der Waals surface area contributed by atoms with Crippen LogP contribution in [-0.2, 0) is 19.7 Å². The standard InChI is InChI=1S/C18H16O4S2/c19-23(20)15-3-1-2-4-16(15)24(21,22)18-10-14-12-7-5-11(6-8-12)13(14)9-17(18)23/h1-5,7,9-12,17-18H,6,8H2/t11-,12+,17+,18-. The van der Waals surface area contributed by atoms with Crippen LogP contribution in [0.1, 0.15) is 12.8 Å². The quantitative estimate of drug-likeness (QED) is 0.667. The summed E-state index contributed by atoms with van der Waals surface area (Å²) in [5.74, 6) is 0.439. The second kappa shape index (κ2) is 4.49. The minimum absolute atomic E-state index is 0.0588. The summed E-state index contributed by atoms with van der Waals surface area (Å²) in [6.45, 7) is 0. The Labute approximate surface area is 141 Å². The first-order chi connectivity index (χ1) is 11.4. The zero-order valence-corrected chi connectivity index (χ0v) is 14.4. The van der Waals surface area contributed by atoms with E-state index in [2.05, 4.69) is 12.2 Å². The van der Waals surface area contributed by atoms with E-state index in [0.29, 0.717) is 0 Å². The van der Waals surface area contributed by atoms with E-state index in [0.717, 1.165) is 24.0 Å². The van der Waals surface area contributed by atoms with Crippen LogP contribution in [0.25, 0.3) is 0 Å². The van der Waals surface area contributed by atoms with Crippen molar-refractivity contribution in [1.82, 2.24) is 0 Å². The van der Waals surface area contributed by atoms with Gasteiger partial charge in [-0.1, -0.05) is 36.4 Å². The normalized spacial score (nSPS) is 36.8. The molecule has 4 nitrogen and oxygen atoms in total. The average Bonchev–Trinajstić information content (AvgIpc) is 2.61. The molecule has 1 heterocycles. The highest BCUT2D eigenvalue weighted by atomic mass is 32.2. The van der Waals surface area contributed by atoms with Gasteiger partial charge in [0.2, 0.25) is 0 Å². The molecule has 5 aliphatic rings. The average molecular weight is 360 g/mol. The molecule has 1 aliphatic heterocycles. The first-order valence-corrected chi connectivity index (χ1v) is 11.2. The van der Waals surface area contributed by atoms with Crippen molar-refractivity contribution in [2.24, 2.45) is 11.8 Å². The molecule has 1 aromatic rings. The van der Waals surface area contributed by atoms with E-state index < -0.39 is 30.2 Å². The molecule has 2 bridgehead atoms. The maximum absolute atomic E-state index is 13.1. The van der Waals surface area contributed by atoms with Crippen molar-refractivity contribution in [2.45, 2.75) is 33.1 Å². The van der Waals surface area contributed by atoms with Crippen molar-refractivity contribution >= 4 is 19.7 Å². The molecule has 1 fully saturated rings. The molecule has 4 atom stereocenters. The molecule has 0 spiro atoms. The summed E-state index contributed by atoms with van der Waals surface area (Å²) in [6.07, 6.45) is 9.73. The van der Waals surface area contributed by atoms with E-state index >= 15 is 0 Å². The maximum atomic E-state index is 13.1. The molecule has 1 saturated carbocycles. The minimum Gasteiger partial charge on any atom is -0.223 e. The highest BCUT2D eigenvalue weighted by molar-refractivity contribution is 7.99. The van der Waals surface area contributed by atoms with Crippen molar-refractivity contribution < 1.29 is 16.8 Å². The largest absolute Gasteiger partial charge is 0.223 e. The predicted molar refractivity (Wildman–Crippen MR) is 89.9 cm³/mol. The van der Waals surface area contributed by atoms with Crippen LogP contribution in [0.15, 0.2) is 69.5 Å². The summed E-state index contributed by atoms with van der Waals surface area (Å²) in [7, 11) is -7.41. The number of hydrogen-bond donors (Lipinski definition) is 0. The summed E-state index contributed by atoms with van der Waals surface area (Å²) < 4.78 is 52.2. The third-order valence-corrected chi connectivity index (χ3v) is 10.2. The van der Waals surface area contributed by atoms with Crippen molar-refractivity contribution in [1.29, 1.82) is 0 Å². The van der Waals surface area contributed by atoms with E-state index in [1.165, 1.54) is 12.1 Å². The lowest BCUT2D eigenvalue weighted by Gasteiger charge is -2.41. The van der Waals surface area contributed by atoms with Gasteiger partial charge in [-0.25, -0.2) is 16.8 Å². The Morgan fingerprint density at radius 3 is 1.50 bits per heavy atom. The zero-order chi connectivity index (χ0) is 16.7. The van der Waals surface area contributed by atoms with Crippen LogP contribution < -0.4 is 0 Å². The number of fused-ring (bicyclic) bond motifs is 3. The molecular formula is C18H16O4S2. The number of hydrogen-bond acceptors (Lipinski definition) is 4. The van der Waals surface area contributed by atoms with Gasteiger partial charge in [-0.05, 0) is 36.1 Å². The first-order valence-electron chi connectivity index (χ1n) is 8.09. The zero-order valence-electron chi connectivity index (χ0n) is 12.8. The van der Waals surface area contributed by atoms with Gasteiger partial charge in [0.25, 0.3) is 0 Å². The molecule has 0 aromatic heterocycles. The van der Waals surface area contributed by atoms with E-state index in [-0.39, 0.29) is 21.6 Å². The van der Waals surface area contributed by atoms with Gasteiger partial charge < -0.3 is 0 Å². The van der Waals surface area contributed by atoms with Gasteiger partial charge >= 0.3 is 0 Å². The SMILES string of the molecule is O=S1(=O)c2ccccc2S(=O)(=O)[C@H]2C=C3C(=C[C@H]21)[C@H]1C=C[C@@H]3CC1. The van der Waals surface area contributed by atoms with Crippen molar-refractivity contribution in [3.63, 3.8) is 0 Å². The van der Waals surface area contributed by atoms with Gasteiger partial charge in [0, 0.05) is 11.8 Å². The van der Waals surface area contributed by atoms with Crippen LogP contribution in [-0.4, -0.2) is 27.3 Å². The fourth-order valence-corrected chi connectivity index (χ4v) is 9.40. The second-order valence-electron chi connectivity index (χ2n) is 6.89. The number of allylic oxidation sites excluding steroid dienone is 4. The van der Waals surface area contributed by atoms with Crippen LogP contribution in [0.3, 0.4) is 0 Å². The Kier molecular flexibility index (Phi) is 2.74. The smallest absolute Gasteiger partial charge is 0.187 e. The number of sulfone groups is 2. The lowest BCUT2D eigenvalue weighted by molar-refractivity contribution is 0.474. The minimum atomic E-state index is -3.71. The maximum Gasteiger partial charge on any atom is 0.187 e. The molecule has 0 saturated heterocycles. The molecule has 6 heteroatoms. The molecule has 0 radical (unpaired) electrons. The van der Waals surface area contributed by atoms with Crippen LogP contribution >= 0.6 is 0 Å². The van der Waals surface area contributed by atoms with E-state index in [1.54, 1.807) is 24.3 Å². The molecular weight excluding hydrogens is 344 g/mol. The molecule has 6 rings (SSSR count). The van der Waals surface area contributed by atoms with Gasteiger partial charge in [0.1, 0.15) is 10.5 Å². The third-order valence-electron chi connectivity index (χ3n) is 5.69. The summed E-state index contributed by atoms with van der Waals surface area (Å²) in [5, 5.41) is -2.02. The molecule has 0 amide bonds. The molecule has 1 aromatic carbocycles. The predicted octanol–water partition coefficient (Wildman–Crippen LogP) is 2.45. The fourth-order valence-electron chi connectivity index (χ4n) is 4.50. The number of rotatable bonds is 0. The van der Waals surface area contributed by atoms with Crippen LogP contribution in [0.5, 0.6) is 0 Å². The fraction of sp³-hybridized carbons (Fsp3) is 0.333. The Morgan fingerprint density at radius 1 is 0.708 bits per heavy atom. The van der Waals surface area contributed by atoms with E-state index in [4.69, 9.17) is 0 Å². The van der Waals surface area contributed by atoms with Gasteiger partial charge in [-0.15, -0.1) is 0 Å². The van der Waals surface area contributed by atoms with Crippen LogP contribution in [0.2, 0.25) is 0 Å².